The topological polar surface area (TPSA) is 46.2 Å². The SMILES string of the molecule is Cc1cccc(Cl)c1C(N)CO. The minimum Gasteiger partial charge on any atom is -0.394 e. The molecule has 0 saturated heterocycles. The zero-order chi connectivity index (χ0) is 9.14. The molecule has 0 heterocycles. The van der Waals surface area contributed by atoms with Gasteiger partial charge in [-0.1, -0.05) is 23.7 Å². The summed E-state index contributed by atoms with van der Waals surface area (Å²) in [7, 11) is 0. The number of rotatable bonds is 2. The summed E-state index contributed by atoms with van der Waals surface area (Å²) in [5, 5.41) is 9.48. The Morgan fingerprint density at radius 3 is 2.75 bits per heavy atom. The lowest BCUT2D eigenvalue weighted by atomic mass is 10.0. The fourth-order valence-corrected chi connectivity index (χ4v) is 1.57. The zero-order valence-electron chi connectivity index (χ0n) is 6.92. The molecule has 2 nitrogen and oxygen atoms in total. The number of aryl methyl sites for hydroxylation is 1. The number of aliphatic hydroxyl groups is 1. The number of hydrogen-bond acceptors (Lipinski definition) is 2. The van der Waals surface area contributed by atoms with E-state index >= 15 is 0 Å². The largest absolute Gasteiger partial charge is 0.394 e. The first kappa shape index (κ1) is 9.52. The van der Waals surface area contributed by atoms with Crippen LogP contribution < -0.4 is 5.73 Å². The van der Waals surface area contributed by atoms with Crippen molar-refractivity contribution in [2.45, 2.75) is 13.0 Å². The van der Waals surface area contributed by atoms with E-state index < -0.39 is 0 Å². The quantitative estimate of drug-likeness (QED) is 0.736. The van der Waals surface area contributed by atoms with Gasteiger partial charge in [-0.15, -0.1) is 0 Å². The molecule has 0 amide bonds. The number of hydrogen-bond donors (Lipinski definition) is 2. The molecule has 1 unspecified atom stereocenters. The zero-order valence-corrected chi connectivity index (χ0v) is 7.67. The molecule has 0 aromatic heterocycles. The van der Waals surface area contributed by atoms with E-state index in [1.165, 1.54) is 0 Å². The molecule has 1 atom stereocenters. The summed E-state index contributed by atoms with van der Waals surface area (Å²) in [4.78, 5) is 0. The second-order valence-corrected chi connectivity index (χ2v) is 3.17. The normalized spacial score (nSPS) is 13.0. The molecule has 1 aromatic rings. The summed E-state index contributed by atoms with van der Waals surface area (Å²) >= 11 is 5.91. The molecule has 1 rings (SSSR count). The van der Waals surface area contributed by atoms with Crippen molar-refractivity contribution in [1.82, 2.24) is 0 Å². The Hall–Kier alpha value is -0.570. The van der Waals surface area contributed by atoms with E-state index in [2.05, 4.69) is 0 Å². The minimum absolute atomic E-state index is 0.0788. The van der Waals surface area contributed by atoms with Gasteiger partial charge < -0.3 is 10.8 Å². The van der Waals surface area contributed by atoms with Crippen LogP contribution in [0.1, 0.15) is 17.2 Å². The lowest BCUT2D eigenvalue weighted by Crippen LogP contribution is -2.16. The summed E-state index contributed by atoms with van der Waals surface area (Å²) in [5.74, 6) is 0. The van der Waals surface area contributed by atoms with Crippen LogP contribution in [0.3, 0.4) is 0 Å². The maximum Gasteiger partial charge on any atom is 0.0625 e. The fourth-order valence-electron chi connectivity index (χ4n) is 1.21. The summed E-state index contributed by atoms with van der Waals surface area (Å²) < 4.78 is 0. The second kappa shape index (κ2) is 3.90. The highest BCUT2D eigenvalue weighted by atomic mass is 35.5. The molecule has 0 aliphatic heterocycles. The van der Waals surface area contributed by atoms with Gasteiger partial charge in [-0.2, -0.15) is 0 Å². The Labute approximate surface area is 77.0 Å². The van der Waals surface area contributed by atoms with Gasteiger partial charge in [-0.25, -0.2) is 0 Å². The van der Waals surface area contributed by atoms with Gasteiger partial charge in [-0.05, 0) is 24.1 Å². The fraction of sp³-hybridized carbons (Fsp3) is 0.333. The van der Waals surface area contributed by atoms with Crippen LogP contribution in [0, 0.1) is 6.92 Å². The Balaban J connectivity index is 3.12. The number of benzene rings is 1. The molecular weight excluding hydrogens is 174 g/mol. The van der Waals surface area contributed by atoms with E-state index in [-0.39, 0.29) is 12.6 Å². The second-order valence-electron chi connectivity index (χ2n) is 2.76. The van der Waals surface area contributed by atoms with E-state index in [1.807, 2.05) is 19.1 Å². The van der Waals surface area contributed by atoms with Crippen molar-refractivity contribution < 1.29 is 5.11 Å². The van der Waals surface area contributed by atoms with Gasteiger partial charge in [0.05, 0.1) is 12.6 Å². The average Bonchev–Trinajstić information content (AvgIpc) is 2.03. The third-order valence-corrected chi connectivity index (χ3v) is 2.17. The first-order chi connectivity index (χ1) is 5.66. The predicted molar refractivity (Wildman–Crippen MR) is 50.2 cm³/mol. The molecule has 3 heteroatoms. The van der Waals surface area contributed by atoms with Crippen molar-refractivity contribution in [3.63, 3.8) is 0 Å². The monoisotopic (exact) mass is 185 g/mol. The molecule has 12 heavy (non-hydrogen) atoms. The van der Waals surface area contributed by atoms with Crippen LogP contribution >= 0.6 is 11.6 Å². The van der Waals surface area contributed by atoms with Crippen molar-refractivity contribution in [1.29, 1.82) is 0 Å². The van der Waals surface area contributed by atoms with E-state index in [4.69, 9.17) is 22.4 Å². The van der Waals surface area contributed by atoms with Crippen molar-refractivity contribution in [2.75, 3.05) is 6.61 Å². The van der Waals surface area contributed by atoms with Gasteiger partial charge in [0, 0.05) is 5.02 Å². The smallest absolute Gasteiger partial charge is 0.0625 e. The van der Waals surface area contributed by atoms with Crippen molar-refractivity contribution in [3.8, 4) is 0 Å². The Kier molecular flexibility index (Phi) is 3.09. The van der Waals surface area contributed by atoms with E-state index in [0.717, 1.165) is 11.1 Å². The summed E-state index contributed by atoms with van der Waals surface area (Å²) in [6.07, 6.45) is 0. The Bertz CT molecular complexity index is 255. The van der Waals surface area contributed by atoms with Crippen LogP contribution in [0.25, 0.3) is 0 Å². The molecule has 3 N–H and O–H groups in total. The molecule has 0 spiro atoms. The van der Waals surface area contributed by atoms with Gasteiger partial charge in [0.25, 0.3) is 0 Å². The Morgan fingerprint density at radius 1 is 1.58 bits per heavy atom. The van der Waals surface area contributed by atoms with Gasteiger partial charge in [0.15, 0.2) is 0 Å². The van der Waals surface area contributed by atoms with Crippen molar-refractivity contribution in [2.24, 2.45) is 5.73 Å². The number of halogens is 1. The van der Waals surface area contributed by atoms with Crippen LogP contribution in [0.4, 0.5) is 0 Å². The maximum absolute atomic E-state index is 8.85. The van der Waals surface area contributed by atoms with Crippen LogP contribution in [0.2, 0.25) is 5.02 Å². The summed E-state index contributed by atoms with van der Waals surface area (Å²) in [6.45, 7) is 1.85. The molecule has 0 saturated carbocycles. The third-order valence-electron chi connectivity index (χ3n) is 1.84. The van der Waals surface area contributed by atoms with Crippen LogP contribution in [-0.4, -0.2) is 11.7 Å². The lowest BCUT2D eigenvalue weighted by molar-refractivity contribution is 0.267. The minimum atomic E-state index is -0.376. The van der Waals surface area contributed by atoms with E-state index in [0.29, 0.717) is 5.02 Å². The summed E-state index contributed by atoms with van der Waals surface area (Å²) in [6, 6.07) is 5.19. The Morgan fingerprint density at radius 2 is 2.25 bits per heavy atom. The molecular formula is C9H12ClNO. The first-order valence-electron chi connectivity index (χ1n) is 3.78. The van der Waals surface area contributed by atoms with Crippen LogP contribution in [-0.2, 0) is 0 Å². The maximum atomic E-state index is 8.85. The van der Waals surface area contributed by atoms with Crippen LogP contribution in [0.15, 0.2) is 18.2 Å². The molecule has 0 fully saturated rings. The molecule has 66 valence electrons. The predicted octanol–water partition coefficient (Wildman–Crippen LogP) is 1.64. The average molecular weight is 186 g/mol. The van der Waals surface area contributed by atoms with Crippen molar-refractivity contribution >= 4 is 11.6 Å². The first-order valence-corrected chi connectivity index (χ1v) is 4.16. The molecule has 0 radical (unpaired) electrons. The molecule has 0 aliphatic carbocycles. The highest BCUT2D eigenvalue weighted by molar-refractivity contribution is 6.31. The standard InChI is InChI=1S/C9H12ClNO/c1-6-3-2-4-7(10)9(6)8(11)5-12/h2-4,8,12H,5,11H2,1H3. The molecule has 0 aliphatic rings. The third kappa shape index (κ3) is 1.78. The van der Waals surface area contributed by atoms with E-state index in [1.54, 1.807) is 6.07 Å². The molecule has 1 aromatic carbocycles. The van der Waals surface area contributed by atoms with Gasteiger partial charge >= 0.3 is 0 Å². The van der Waals surface area contributed by atoms with Crippen molar-refractivity contribution in [3.05, 3.63) is 34.3 Å². The summed E-state index contributed by atoms with van der Waals surface area (Å²) in [5.41, 5.74) is 7.51. The molecule has 0 bridgehead atoms. The van der Waals surface area contributed by atoms with E-state index in [9.17, 15) is 0 Å². The van der Waals surface area contributed by atoms with Gasteiger partial charge in [0.1, 0.15) is 0 Å². The highest BCUT2D eigenvalue weighted by Gasteiger charge is 2.10. The number of nitrogens with two attached hydrogens (primary N) is 1. The van der Waals surface area contributed by atoms with Gasteiger partial charge in [0.2, 0.25) is 0 Å². The number of aliphatic hydroxyl groups excluding tert-OH is 1. The lowest BCUT2D eigenvalue weighted by Gasteiger charge is -2.13. The van der Waals surface area contributed by atoms with Gasteiger partial charge in [-0.3, -0.25) is 0 Å². The van der Waals surface area contributed by atoms with Crippen LogP contribution in [0.5, 0.6) is 0 Å². The highest BCUT2D eigenvalue weighted by Crippen LogP contribution is 2.24.